The molecular weight excluding hydrogens is 1380 g/mol. The molecule has 25 nitrogen and oxygen atoms in total. The molecule has 0 aromatic carbocycles. The van der Waals surface area contributed by atoms with Crippen LogP contribution in [0.3, 0.4) is 0 Å². The molecule has 14 atom stereocenters. The number of carbonyl (C=O) groups is 12. The molecule has 0 aromatic heterocycles. The van der Waals surface area contributed by atoms with Crippen LogP contribution in [0.1, 0.15) is 217 Å². The summed E-state index contributed by atoms with van der Waals surface area (Å²) < 4.78 is 6.39. The van der Waals surface area contributed by atoms with Gasteiger partial charge in [-0.2, -0.15) is 0 Å². The number of nitrogens with one attached hydrogen (secondary N) is 3. The molecule has 7 aliphatic rings. The van der Waals surface area contributed by atoms with E-state index in [1.807, 2.05) is 74.5 Å². The van der Waals surface area contributed by atoms with E-state index in [2.05, 4.69) is 22.9 Å². The summed E-state index contributed by atoms with van der Waals surface area (Å²) in [5, 5.41) is 8.62. The SMILES string of the molecule is CCC[C@H]1C(=O)N[C@@H]([C@@H](C)CC)C(=O)N2CCC[C@H]2C(=O)N(C)[C@H]2C/C=C\CCN(C2=O)[C@@H](CC2CCC(C)CC2)C(=O)N(C)CC(=O)N[C@@H](CCC2CCC(Cl)C(Cl)C2)C(=O)N2C[C@H](OC(C)C)C[C@H]2C(=O)NC2(CC(C)(C)C2)C(=O)N(C)[C@@H](C(CC)CC)C(=O)N(C)[C@H](C(=O)N(C)C)CC(=O)N1C. The lowest BCUT2D eigenvalue weighted by molar-refractivity contribution is -0.161. The minimum absolute atomic E-state index is 0.0357. The second-order valence-electron chi connectivity index (χ2n) is 33.3. The van der Waals surface area contributed by atoms with E-state index in [4.69, 9.17) is 27.9 Å². The smallest absolute Gasteiger partial charge is 0.248 e. The fourth-order valence-electron chi connectivity index (χ4n) is 17.8. The average Bonchev–Trinajstić information content (AvgIpc) is 1.14. The van der Waals surface area contributed by atoms with Gasteiger partial charge in [0.2, 0.25) is 70.9 Å². The van der Waals surface area contributed by atoms with Gasteiger partial charge in [0.15, 0.2) is 0 Å². The number of carbonyl (C=O) groups excluding carboxylic acids is 12. The van der Waals surface area contributed by atoms with Gasteiger partial charge in [0, 0.05) is 80.8 Å². The van der Waals surface area contributed by atoms with Crippen LogP contribution in [0, 0.1) is 35.0 Å². The highest BCUT2D eigenvalue weighted by Gasteiger charge is 2.59. The number of fused-ring (bicyclic) bond motifs is 4. The Bertz CT molecular complexity index is 3120. The van der Waals surface area contributed by atoms with Crippen LogP contribution < -0.4 is 16.0 Å². The molecule has 12 amide bonds. The second-order valence-corrected chi connectivity index (χ2v) is 34.4. The van der Waals surface area contributed by atoms with Gasteiger partial charge in [-0.3, -0.25) is 57.5 Å². The first-order valence-electron chi connectivity index (χ1n) is 39.4. The van der Waals surface area contributed by atoms with E-state index < -0.39 is 167 Å². The van der Waals surface area contributed by atoms with Gasteiger partial charge in [0.1, 0.15) is 59.9 Å². The number of ether oxygens (including phenoxy) is 1. The molecule has 3 unspecified atom stereocenters. The first kappa shape index (κ1) is 86.2. The third-order valence-corrected chi connectivity index (χ3v) is 25.4. The summed E-state index contributed by atoms with van der Waals surface area (Å²) in [6, 6.07) is -10.6. The van der Waals surface area contributed by atoms with Crippen molar-refractivity contribution in [3.8, 4) is 0 Å². The molecular formula is C78H128Cl2N12O13. The van der Waals surface area contributed by atoms with Crippen LogP contribution in [0.25, 0.3) is 0 Å². The van der Waals surface area contributed by atoms with Gasteiger partial charge >= 0.3 is 0 Å². The van der Waals surface area contributed by atoms with Crippen LogP contribution in [0.15, 0.2) is 12.2 Å². The van der Waals surface area contributed by atoms with E-state index in [0.717, 1.165) is 32.1 Å². The zero-order valence-corrected chi connectivity index (χ0v) is 67.7. The quantitative estimate of drug-likeness (QED) is 0.109. The van der Waals surface area contributed by atoms with Gasteiger partial charge in [-0.25, -0.2) is 0 Å². The average molecular weight is 1510 g/mol. The van der Waals surface area contributed by atoms with Crippen LogP contribution >= 0.6 is 23.2 Å². The fraction of sp³-hybridized carbons (Fsp3) is 0.821. The van der Waals surface area contributed by atoms with Gasteiger partial charge in [0.05, 0.1) is 30.6 Å². The number of rotatable bonds is 15. The van der Waals surface area contributed by atoms with E-state index in [-0.39, 0.29) is 93.3 Å². The molecule has 7 rings (SSSR count). The van der Waals surface area contributed by atoms with E-state index in [1.165, 1.54) is 81.5 Å². The van der Waals surface area contributed by atoms with Crippen LogP contribution in [0.2, 0.25) is 0 Å². The number of hydrogen-bond acceptors (Lipinski definition) is 13. The molecule has 2 bridgehead atoms. The maximum atomic E-state index is 15.8. The lowest BCUT2D eigenvalue weighted by Gasteiger charge is -2.54. The number of likely N-dealkylation sites (N-methyl/N-ethyl adjacent to an activating group) is 6. The standard InChI is InChI=1S/C78H128Cl2N12O13/c1-18-26-57-67(95)82-65(49(8)19-2)74(102)90-38-25-28-59(90)72(100)87(15)58-27-23-22-24-37-91(73(58)101)62(40-51-31-29-48(7)30-32-51)71(99)85(13)44-63(93)81-56(36-34-50-33-35-54(79)55(80)39-50)69(97)92-43-53(105-47(5)6)41-60(92)68(96)83-78(45-77(9,10)46-78)76(104)89(17)66(52(20-3)21-4)75(103)88(16)61(70(98)84(11)12)42-64(94)86(57)14/h22-23,47-62,65-66H,18-21,24-46H2,1-17H3,(H,81,93)(H,82,95)(H,83,96)/b23-22-/t48?,49-,50?,51?,53+,54?,55?,56-,57-,58-,59-,60-,61-,62-,65-,66-/m0/s1. The minimum Gasteiger partial charge on any atom is -0.374 e. The normalized spacial score (nSPS) is 32.4. The molecule has 105 heavy (non-hydrogen) atoms. The Morgan fingerprint density at radius 2 is 1.30 bits per heavy atom. The van der Waals surface area contributed by atoms with Gasteiger partial charge in [0.25, 0.3) is 0 Å². The van der Waals surface area contributed by atoms with Crippen molar-refractivity contribution in [2.24, 2.45) is 35.0 Å². The first-order chi connectivity index (χ1) is 49.4. The Balaban J connectivity index is 1.35. The van der Waals surface area contributed by atoms with Crippen LogP contribution in [-0.4, -0.2) is 273 Å². The summed E-state index contributed by atoms with van der Waals surface area (Å²) in [6.45, 7) is 18.9. The van der Waals surface area contributed by atoms with Gasteiger partial charge < -0.3 is 64.8 Å². The van der Waals surface area contributed by atoms with Gasteiger partial charge in [-0.05, 0) is 132 Å². The molecule has 3 saturated heterocycles. The molecule has 0 aromatic rings. The van der Waals surface area contributed by atoms with Crippen LogP contribution in [0.5, 0.6) is 0 Å². The molecule has 592 valence electrons. The van der Waals surface area contributed by atoms with Crippen molar-refractivity contribution in [2.45, 2.75) is 300 Å². The second kappa shape index (κ2) is 37.8. The van der Waals surface area contributed by atoms with E-state index >= 15 is 38.4 Å². The maximum Gasteiger partial charge on any atom is 0.248 e. The van der Waals surface area contributed by atoms with Crippen LogP contribution in [0.4, 0.5) is 0 Å². The van der Waals surface area contributed by atoms with E-state index in [9.17, 15) is 19.2 Å². The van der Waals surface area contributed by atoms with Crippen molar-refractivity contribution < 1.29 is 62.3 Å². The van der Waals surface area contributed by atoms with Crippen molar-refractivity contribution in [2.75, 3.05) is 75.5 Å². The summed E-state index contributed by atoms with van der Waals surface area (Å²) >= 11 is 13.4. The summed E-state index contributed by atoms with van der Waals surface area (Å²) in [7, 11) is 10.5. The third-order valence-electron chi connectivity index (χ3n) is 24.2. The lowest BCUT2D eigenvalue weighted by Crippen LogP contribution is -2.71. The van der Waals surface area contributed by atoms with Crippen LogP contribution in [-0.2, 0) is 62.3 Å². The van der Waals surface area contributed by atoms with Crippen molar-refractivity contribution in [3.63, 3.8) is 0 Å². The number of halogens is 2. The Labute approximate surface area is 635 Å². The maximum absolute atomic E-state index is 15.8. The van der Waals surface area contributed by atoms with Crippen molar-refractivity contribution in [1.29, 1.82) is 0 Å². The molecule has 3 aliphatic carbocycles. The lowest BCUT2D eigenvalue weighted by atomic mass is 9.58. The highest BCUT2D eigenvalue weighted by Crippen LogP contribution is 2.50. The Kier molecular flexibility index (Phi) is 31.0. The van der Waals surface area contributed by atoms with Crippen molar-refractivity contribution in [1.82, 2.24) is 60.0 Å². The zero-order chi connectivity index (χ0) is 77.9. The number of alkyl halides is 2. The Hall–Kier alpha value is -6.08. The predicted molar refractivity (Wildman–Crippen MR) is 404 cm³/mol. The van der Waals surface area contributed by atoms with E-state index in [0.29, 0.717) is 70.1 Å². The summed E-state index contributed by atoms with van der Waals surface area (Å²) in [6.07, 6.45) is 12.0. The summed E-state index contributed by atoms with van der Waals surface area (Å²) in [5.74, 6) is -7.31. The van der Waals surface area contributed by atoms with Gasteiger partial charge in [-0.1, -0.05) is 119 Å². The topological polar surface area (TPSA) is 279 Å². The fourth-order valence-corrected chi connectivity index (χ4v) is 18.5. The monoisotopic (exact) mass is 1510 g/mol. The van der Waals surface area contributed by atoms with Gasteiger partial charge in [-0.15, -0.1) is 23.2 Å². The first-order valence-corrected chi connectivity index (χ1v) is 40.3. The Morgan fingerprint density at radius 1 is 0.638 bits per heavy atom. The summed E-state index contributed by atoms with van der Waals surface area (Å²) in [5.41, 5.74) is -2.08. The van der Waals surface area contributed by atoms with Crippen molar-refractivity contribution in [3.05, 3.63) is 12.2 Å². The predicted octanol–water partition coefficient (Wildman–Crippen LogP) is 7.12. The number of hydrogen-bond donors (Lipinski definition) is 3. The highest BCUT2D eigenvalue weighted by atomic mass is 35.5. The van der Waals surface area contributed by atoms with E-state index in [1.54, 1.807) is 11.9 Å². The minimum atomic E-state index is -1.60. The zero-order valence-electron chi connectivity index (χ0n) is 66.2. The number of nitrogens with zero attached hydrogens (tertiary/aromatic N) is 9. The molecule has 27 heteroatoms. The molecule has 3 N–H and O–H groups in total. The Morgan fingerprint density at radius 3 is 1.90 bits per heavy atom. The molecule has 0 radical (unpaired) electrons. The highest BCUT2D eigenvalue weighted by molar-refractivity contribution is 6.30. The molecule has 3 saturated carbocycles. The molecule has 4 aliphatic heterocycles. The largest absolute Gasteiger partial charge is 0.374 e. The summed E-state index contributed by atoms with van der Waals surface area (Å²) in [4.78, 5) is 196. The molecule has 6 fully saturated rings. The number of amides is 12. The molecule has 1 spiro atoms. The van der Waals surface area contributed by atoms with Crippen molar-refractivity contribution >= 4 is 94.1 Å². The third kappa shape index (κ3) is 20.8. The molecule has 4 heterocycles.